The van der Waals surface area contributed by atoms with E-state index in [0.717, 1.165) is 5.56 Å². The van der Waals surface area contributed by atoms with Crippen molar-refractivity contribution in [2.45, 2.75) is 39.0 Å². The summed E-state index contributed by atoms with van der Waals surface area (Å²) in [7, 11) is -3.29. The molecule has 1 aromatic rings. The highest BCUT2D eigenvalue weighted by atomic mass is 35.5. The summed E-state index contributed by atoms with van der Waals surface area (Å²) >= 11 is 6.16. The van der Waals surface area contributed by atoms with Crippen LogP contribution in [0.25, 0.3) is 0 Å². The Hall–Kier alpha value is -0.820. The van der Waals surface area contributed by atoms with Gasteiger partial charge in [0.05, 0.1) is 23.5 Å². The summed E-state index contributed by atoms with van der Waals surface area (Å²) in [6.45, 7) is 3.87. The van der Waals surface area contributed by atoms with E-state index in [4.69, 9.17) is 16.3 Å². The number of aliphatic hydroxyl groups excluding tert-OH is 1. The standard InChI is InChI=1S/C14H20ClNO4S/c1-10(2)20-14-4-3-11(7-13(14)15)8-16-12(9-17)5-6-21(16,18)19/h3-4,7,10,12,17H,5-6,8-9H2,1-2H3. The molecule has 1 aliphatic heterocycles. The van der Waals surface area contributed by atoms with Gasteiger partial charge in [0.1, 0.15) is 5.75 Å². The summed E-state index contributed by atoms with van der Waals surface area (Å²) in [6.07, 6.45) is 0.479. The van der Waals surface area contributed by atoms with Crippen LogP contribution in [0.5, 0.6) is 5.75 Å². The van der Waals surface area contributed by atoms with E-state index >= 15 is 0 Å². The van der Waals surface area contributed by atoms with Crippen LogP contribution in [0.4, 0.5) is 0 Å². The minimum Gasteiger partial charge on any atom is -0.489 e. The lowest BCUT2D eigenvalue weighted by Crippen LogP contribution is -2.34. The molecule has 0 spiro atoms. The SMILES string of the molecule is CC(C)Oc1ccc(CN2C(CO)CCS2(=O)=O)cc1Cl. The molecule has 5 nitrogen and oxygen atoms in total. The van der Waals surface area contributed by atoms with Crippen molar-refractivity contribution in [2.24, 2.45) is 0 Å². The van der Waals surface area contributed by atoms with E-state index in [1.54, 1.807) is 18.2 Å². The molecule has 1 heterocycles. The van der Waals surface area contributed by atoms with Crippen LogP contribution in [0.2, 0.25) is 5.02 Å². The van der Waals surface area contributed by atoms with Gasteiger partial charge in [-0.3, -0.25) is 0 Å². The van der Waals surface area contributed by atoms with Crippen LogP contribution in [-0.4, -0.2) is 42.3 Å². The number of aliphatic hydroxyl groups is 1. The molecule has 1 fully saturated rings. The number of benzene rings is 1. The van der Waals surface area contributed by atoms with E-state index in [1.165, 1.54) is 4.31 Å². The first-order valence-corrected chi connectivity index (χ1v) is 8.87. The number of hydrogen-bond donors (Lipinski definition) is 1. The highest BCUT2D eigenvalue weighted by molar-refractivity contribution is 7.89. The molecule has 1 N–H and O–H groups in total. The van der Waals surface area contributed by atoms with E-state index in [-0.39, 0.29) is 31.1 Å². The van der Waals surface area contributed by atoms with Gasteiger partial charge in [-0.25, -0.2) is 8.42 Å². The average molecular weight is 334 g/mol. The summed E-state index contributed by atoms with van der Waals surface area (Å²) in [5.74, 6) is 0.666. The molecule has 1 aromatic carbocycles. The first-order chi connectivity index (χ1) is 9.83. The fourth-order valence-corrected chi connectivity index (χ4v) is 4.38. The summed E-state index contributed by atoms with van der Waals surface area (Å²) in [5, 5.41) is 9.75. The van der Waals surface area contributed by atoms with E-state index in [2.05, 4.69) is 0 Å². The number of rotatable bonds is 5. The predicted octanol–water partition coefficient (Wildman–Crippen LogP) is 2.02. The van der Waals surface area contributed by atoms with E-state index in [1.807, 2.05) is 13.8 Å². The zero-order valence-corrected chi connectivity index (χ0v) is 13.7. The third kappa shape index (κ3) is 3.88. The zero-order chi connectivity index (χ0) is 15.6. The minimum atomic E-state index is -3.29. The Kier molecular flexibility index (Phi) is 5.14. The third-order valence-electron chi connectivity index (χ3n) is 3.38. The van der Waals surface area contributed by atoms with Gasteiger partial charge in [0.25, 0.3) is 0 Å². The smallest absolute Gasteiger partial charge is 0.214 e. The van der Waals surface area contributed by atoms with Gasteiger partial charge >= 0.3 is 0 Å². The quantitative estimate of drug-likeness (QED) is 0.895. The second kappa shape index (κ2) is 6.52. The summed E-state index contributed by atoms with van der Waals surface area (Å²) < 4.78 is 30.9. The summed E-state index contributed by atoms with van der Waals surface area (Å²) in [5.41, 5.74) is 0.778. The molecule has 0 aromatic heterocycles. The van der Waals surface area contributed by atoms with Crippen LogP contribution < -0.4 is 4.74 Å². The van der Waals surface area contributed by atoms with E-state index < -0.39 is 10.0 Å². The molecule has 0 saturated carbocycles. The molecule has 1 aliphatic rings. The van der Waals surface area contributed by atoms with Crippen molar-refractivity contribution >= 4 is 21.6 Å². The van der Waals surface area contributed by atoms with Crippen molar-refractivity contribution in [1.82, 2.24) is 4.31 Å². The largest absolute Gasteiger partial charge is 0.489 e. The lowest BCUT2D eigenvalue weighted by atomic mass is 10.2. The van der Waals surface area contributed by atoms with Gasteiger partial charge in [0.15, 0.2) is 0 Å². The molecular weight excluding hydrogens is 314 g/mol. The molecule has 7 heteroatoms. The Bertz CT molecular complexity index is 603. The van der Waals surface area contributed by atoms with Crippen LogP contribution >= 0.6 is 11.6 Å². The molecule has 21 heavy (non-hydrogen) atoms. The van der Waals surface area contributed by atoms with Crippen LogP contribution in [0.15, 0.2) is 18.2 Å². The lowest BCUT2D eigenvalue weighted by Gasteiger charge is -2.21. The normalized spacial score (nSPS) is 21.9. The van der Waals surface area contributed by atoms with E-state index in [9.17, 15) is 13.5 Å². The molecule has 0 bridgehead atoms. The van der Waals surface area contributed by atoms with Crippen molar-refractivity contribution in [2.75, 3.05) is 12.4 Å². The average Bonchev–Trinajstić information content (AvgIpc) is 2.68. The first-order valence-electron chi connectivity index (χ1n) is 6.89. The van der Waals surface area contributed by atoms with E-state index in [0.29, 0.717) is 17.2 Å². The lowest BCUT2D eigenvalue weighted by molar-refractivity contribution is 0.193. The Balaban J connectivity index is 2.18. The molecule has 1 unspecified atom stereocenters. The monoisotopic (exact) mass is 333 g/mol. The number of sulfonamides is 1. The molecular formula is C14H20ClNO4S. The highest BCUT2D eigenvalue weighted by Crippen LogP contribution is 2.29. The van der Waals surface area contributed by atoms with Crippen LogP contribution in [0.3, 0.4) is 0 Å². The maximum absolute atomic E-state index is 12.0. The van der Waals surface area contributed by atoms with Gasteiger partial charge in [0.2, 0.25) is 10.0 Å². The molecule has 2 rings (SSSR count). The number of halogens is 1. The van der Waals surface area contributed by atoms with Crippen molar-refractivity contribution < 1.29 is 18.3 Å². The molecule has 118 valence electrons. The minimum absolute atomic E-state index is 0.0195. The Morgan fingerprint density at radius 3 is 2.76 bits per heavy atom. The third-order valence-corrected chi connectivity index (χ3v) is 5.57. The van der Waals surface area contributed by atoms with Gasteiger partial charge in [-0.2, -0.15) is 4.31 Å². The first kappa shape index (κ1) is 16.5. The second-order valence-corrected chi connectivity index (χ2v) is 7.87. The maximum atomic E-state index is 12.0. The Morgan fingerprint density at radius 2 is 2.19 bits per heavy atom. The van der Waals surface area contributed by atoms with Gasteiger partial charge in [-0.15, -0.1) is 0 Å². The second-order valence-electron chi connectivity index (χ2n) is 5.42. The molecule has 0 radical (unpaired) electrons. The topological polar surface area (TPSA) is 66.8 Å². The molecule has 0 amide bonds. The number of ether oxygens (including phenoxy) is 1. The highest BCUT2D eigenvalue weighted by Gasteiger charge is 2.36. The molecule has 1 atom stereocenters. The van der Waals surface area contributed by atoms with Gasteiger partial charge in [-0.1, -0.05) is 17.7 Å². The van der Waals surface area contributed by atoms with Crippen molar-refractivity contribution in [3.63, 3.8) is 0 Å². The fourth-order valence-electron chi connectivity index (χ4n) is 2.36. The van der Waals surface area contributed by atoms with Gasteiger partial charge < -0.3 is 9.84 Å². The number of hydrogen-bond acceptors (Lipinski definition) is 4. The van der Waals surface area contributed by atoms with Gasteiger partial charge in [-0.05, 0) is 38.0 Å². The molecule has 1 saturated heterocycles. The van der Waals surface area contributed by atoms with Crippen molar-refractivity contribution in [3.05, 3.63) is 28.8 Å². The number of nitrogens with zero attached hydrogens (tertiary/aromatic N) is 1. The fraction of sp³-hybridized carbons (Fsp3) is 0.571. The zero-order valence-electron chi connectivity index (χ0n) is 12.1. The van der Waals surface area contributed by atoms with Crippen LogP contribution in [-0.2, 0) is 16.6 Å². The molecule has 0 aliphatic carbocycles. The Morgan fingerprint density at radius 1 is 1.48 bits per heavy atom. The van der Waals surface area contributed by atoms with Gasteiger partial charge in [0, 0.05) is 12.6 Å². The van der Waals surface area contributed by atoms with Crippen LogP contribution in [0.1, 0.15) is 25.8 Å². The van der Waals surface area contributed by atoms with Crippen molar-refractivity contribution in [3.8, 4) is 5.75 Å². The summed E-state index contributed by atoms with van der Waals surface area (Å²) in [6, 6.07) is 4.90. The van der Waals surface area contributed by atoms with Crippen LogP contribution in [0, 0.1) is 0 Å². The Labute approximate surface area is 130 Å². The van der Waals surface area contributed by atoms with Crippen molar-refractivity contribution in [1.29, 1.82) is 0 Å². The maximum Gasteiger partial charge on any atom is 0.214 e. The predicted molar refractivity (Wildman–Crippen MR) is 82.0 cm³/mol. The summed E-state index contributed by atoms with van der Waals surface area (Å²) in [4.78, 5) is 0.